The van der Waals surface area contributed by atoms with Crippen LogP contribution in [0.1, 0.15) is 30.4 Å². The lowest BCUT2D eigenvalue weighted by Gasteiger charge is -2.49. The minimum atomic E-state index is -0.108. The van der Waals surface area contributed by atoms with E-state index in [1.54, 1.807) is 0 Å². The number of rotatable bonds is 2. The Kier molecular flexibility index (Phi) is 5.98. The number of aliphatic hydroxyl groups is 1. The van der Waals surface area contributed by atoms with Crippen molar-refractivity contribution in [1.82, 2.24) is 14.7 Å². The summed E-state index contributed by atoms with van der Waals surface area (Å²) in [6, 6.07) is 8.28. The van der Waals surface area contributed by atoms with Gasteiger partial charge in [0.05, 0.1) is 0 Å². The highest BCUT2D eigenvalue weighted by Gasteiger charge is 2.41. The van der Waals surface area contributed by atoms with Gasteiger partial charge in [0.15, 0.2) is 0 Å². The summed E-state index contributed by atoms with van der Waals surface area (Å²) >= 11 is 0. The third-order valence-electron chi connectivity index (χ3n) is 5.89. The molecule has 5 heteroatoms. The third-order valence-corrected chi connectivity index (χ3v) is 5.89. The molecule has 1 amide bonds. The van der Waals surface area contributed by atoms with Crippen molar-refractivity contribution < 1.29 is 9.90 Å². The molecule has 1 unspecified atom stereocenters. The molecule has 0 bridgehead atoms. The normalized spacial score (nSPS) is 25.0. The minimum absolute atomic E-state index is 0.102. The molecule has 2 saturated heterocycles. The van der Waals surface area contributed by atoms with Gasteiger partial charge in [-0.3, -0.25) is 14.6 Å². The van der Waals surface area contributed by atoms with Crippen molar-refractivity contribution in [1.29, 1.82) is 0 Å². The van der Waals surface area contributed by atoms with Crippen LogP contribution < -0.4 is 0 Å². The standard InChI is InChI=1S/C21H29N3O2/c1-22-12-11-21(10-9-20(22)26)17-24(14-13-23(21)2)16-19-7-5-18(6-8-19)4-3-15-25/h5-8,25H,9-17H2,1-2H3. The number of carbonyl (C=O) groups is 1. The largest absolute Gasteiger partial charge is 0.384 e. The van der Waals surface area contributed by atoms with Gasteiger partial charge in [-0.25, -0.2) is 0 Å². The van der Waals surface area contributed by atoms with E-state index in [1.807, 2.05) is 24.1 Å². The van der Waals surface area contributed by atoms with Gasteiger partial charge in [0, 0.05) is 57.3 Å². The fourth-order valence-electron chi connectivity index (χ4n) is 4.07. The molecule has 1 N–H and O–H groups in total. The van der Waals surface area contributed by atoms with Crippen molar-refractivity contribution >= 4 is 5.91 Å². The molecule has 2 aliphatic rings. The maximum atomic E-state index is 12.1. The van der Waals surface area contributed by atoms with Gasteiger partial charge in [0.1, 0.15) is 6.61 Å². The van der Waals surface area contributed by atoms with E-state index >= 15 is 0 Å². The van der Waals surface area contributed by atoms with Gasteiger partial charge in [-0.15, -0.1) is 0 Å². The number of hydrogen-bond acceptors (Lipinski definition) is 4. The van der Waals surface area contributed by atoms with Crippen LogP contribution in [0.15, 0.2) is 24.3 Å². The summed E-state index contributed by atoms with van der Waals surface area (Å²) in [6.45, 7) is 4.76. The van der Waals surface area contributed by atoms with Crippen molar-refractivity contribution in [2.45, 2.75) is 31.3 Å². The Morgan fingerprint density at radius 1 is 1.12 bits per heavy atom. The molecule has 0 saturated carbocycles. The van der Waals surface area contributed by atoms with E-state index < -0.39 is 0 Å². The predicted octanol–water partition coefficient (Wildman–Crippen LogP) is 1.16. The molecule has 26 heavy (non-hydrogen) atoms. The number of carbonyl (C=O) groups excluding carboxylic acids is 1. The number of likely N-dealkylation sites (tertiary alicyclic amines) is 1. The summed E-state index contributed by atoms with van der Waals surface area (Å²) in [5.74, 6) is 5.89. The Hall–Kier alpha value is -1.87. The lowest BCUT2D eigenvalue weighted by atomic mass is 9.86. The third kappa shape index (κ3) is 4.27. The van der Waals surface area contributed by atoms with Gasteiger partial charge in [0.25, 0.3) is 0 Å². The Balaban J connectivity index is 1.67. The first-order valence-corrected chi connectivity index (χ1v) is 9.39. The number of likely N-dealkylation sites (N-methyl/N-ethyl adjacent to an activating group) is 1. The summed E-state index contributed by atoms with van der Waals surface area (Å²) < 4.78 is 0. The lowest BCUT2D eigenvalue weighted by Crippen LogP contribution is -2.60. The van der Waals surface area contributed by atoms with E-state index in [0.717, 1.165) is 51.1 Å². The zero-order valence-electron chi connectivity index (χ0n) is 15.9. The van der Waals surface area contributed by atoms with Crippen molar-refractivity contribution in [2.75, 3.05) is 46.9 Å². The molecular formula is C21H29N3O2. The highest BCUT2D eigenvalue weighted by Crippen LogP contribution is 2.32. The number of amides is 1. The molecule has 0 aromatic heterocycles. The molecule has 0 aliphatic carbocycles. The number of nitrogens with zero attached hydrogens (tertiary/aromatic N) is 3. The van der Waals surface area contributed by atoms with Crippen LogP contribution in [0.5, 0.6) is 0 Å². The van der Waals surface area contributed by atoms with Crippen LogP contribution >= 0.6 is 0 Å². The second-order valence-electron chi connectivity index (χ2n) is 7.58. The fraction of sp³-hybridized carbons (Fsp3) is 0.571. The summed E-state index contributed by atoms with van der Waals surface area (Å²) in [5, 5.41) is 8.79. The molecule has 3 rings (SSSR count). The van der Waals surface area contributed by atoms with Crippen molar-refractivity contribution in [3.05, 3.63) is 35.4 Å². The quantitative estimate of drug-likeness (QED) is 0.809. The molecular weight excluding hydrogens is 326 g/mol. The van der Waals surface area contributed by atoms with Crippen LogP contribution in [0.4, 0.5) is 0 Å². The molecule has 1 spiro atoms. The van der Waals surface area contributed by atoms with Crippen molar-refractivity contribution in [3.8, 4) is 11.8 Å². The van der Waals surface area contributed by atoms with E-state index in [-0.39, 0.29) is 18.1 Å². The zero-order chi connectivity index (χ0) is 18.6. The molecule has 2 fully saturated rings. The van der Waals surface area contributed by atoms with E-state index in [0.29, 0.717) is 6.42 Å². The number of aliphatic hydroxyl groups excluding tert-OH is 1. The first-order valence-electron chi connectivity index (χ1n) is 9.39. The van der Waals surface area contributed by atoms with Crippen molar-refractivity contribution in [2.24, 2.45) is 0 Å². The second kappa shape index (κ2) is 8.22. The average Bonchev–Trinajstić information content (AvgIpc) is 2.79. The topological polar surface area (TPSA) is 47.0 Å². The summed E-state index contributed by atoms with van der Waals surface area (Å²) in [5.41, 5.74) is 2.31. The van der Waals surface area contributed by atoms with Gasteiger partial charge in [-0.05, 0) is 37.6 Å². The SMILES string of the molecule is CN1CCC2(CCC1=O)CN(Cc1ccc(C#CCO)cc1)CCN2C. The Bertz CT molecular complexity index is 691. The van der Waals surface area contributed by atoms with E-state index in [4.69, 9.17) is 5.11 Å². The monoisotopic (exact) mass is 355 g/mol. The summed E-state index contributed by atoms with van der Waals surface area (Å²) in [6.07, 6.45) is 2.63. The molecule has 2 aliphatic heterocycles. The molecule has 1 atom stereocenters. The van der Waals surface area contributed by atoms with Crippen LogP contribution in [0.2, 0.25) is 0 Å². The first kappa shape index (κ1) is 18.9. The van der Waals surface area contributed by atoms with Gasteiger partial charge in [-0.2, -0.15) is 0 Å². The predicted molar refractivity (Wildman–Crippen MR) is 103 cm³/mol. The van der Waals surface area contributed by atoms with E-state index in [1.165, 1.54) is 5.56 Å². The number of piperazine rings is 1. The maximum absolute atomic E-state index is 12.1. The van der Waals surface area contributed by atoms with Gasteiger partial charge < -0.3 is 10.0 Å². The van der Waals surface area contributed by atoms with Crippen LogP contribution in [0, 0.1) is 11.8 Å². The molecule has 5 nitrogen and oxygen atoms in total. The van der Waals surface area contributed by atoms with E-state index in [9.17, 15) is 4.79 Å². The van der Waals surface area contributed by atoms with Crippen LogP contribution in [0.25, 0.3) is 0 Å². The highest BCUT2D eigenvalue weighted by atomic mass is 16.2. The van der Waals surface area contributed by atoms with Crippen LogP contribution in [0.3, 0.4) is 0 Å². The minimum Gasteiger partial charge on any atom is -0.384 e. The molecule has 140 valence electrons. The molecule has 2 heterocycles. The van der Waals surface area contributed by atoms with Crippen LogP contribution in [-0.4, -0.2) is 78.1 Å². The second-order valence-corrected chi connectivity index (χ2v) is 7.58. The van der Waals surface area contributed by atoms with Gasteiger partial charge >= 0.3 is 0 Å². The van der Waals surface area contributed by atoms with E-state index in [2.05, 4.69) is 40.8 Å². The van der Waals surface area contributed by atoms with Crippen LogP contribution in [-0.2, 0) is 11.3 Å². The summed E-state index contributed by atoms with van der Waals surface area (Å²) in [7, 11) is 4.13. The Morgan fingerprint density at radius 2 is 1.88 bits per heavy atom. The van der Waals surface area contributed by atoms with Crippen molar-refractivity contribution in [3.63, 3.8) is 0 Å². The number of hydrogen-bond donors (Lipinski definition) is 1. The average molecular weight is 355 g/mol. The Morgan fingerprint density at radius 3 is 2.62 bits per heavy atom. The molecule has 0 radical (unpaired) electrons. The summed E-state index contributed by atoms with van der Waals surface area (Å²) in [4.78, 5) is 19.0. The lowest BCUT2D eigenvalue weighted by molar-refractivity contribution is -0.129. The molecule has 1 aromatic rings. The van der Waals surface area contributed by atoms with Gasteiger partial charge in [-0.1, -0.05) is 24.0 Å². The maximum Gasteiger partial charge on any atom is 0.222 e. The highest BCUT2D eigenvalue weighted by molar-refractivity contribution is 5.76. The number of benzene rings is 1. The zero-order valence-corrected chi connectivity index (χ0v) is 15.9. The smallest absolute Gasteiger partial charge is 0.222 e. The fourth-order valence-corrected chi connectivity index (χ4v) is 4.07. The Labute approximate surface area is 156 Å². The van der Waals surface area contributed by atoms with Gasteiger partial charge in [0.2, 0.25) is 5.91 Å². The molecule has 1 aromatic carbocycles. The first-order chi connectivity index (χ1) is 12.5.